The number of oxime groups is 1. The van der Waals surface area contributed by atoms with Gasteiger partial charge in [0.1, 0.15) is 30.4 Å². The predicted octanol–water partition coefficient (Wildman–Crippen LogP) is 4.91. The van der Waals surface area contributed by atoms with E-state index >= 15 is 0 Å². The minimum absolute atomic E-state index is 0.154. The Hall–Kier alpha value is -2.93. The first-order valence-corrected chi connectivity index (χ1v) is 11.2. The number of nitrogens with zero attached hydrogens (tertiary/aromatic N) is 2. The van der Waals surface area contributed by atoms with Gasteiger partial charge in [0.2, 0.25) is 0 Å². The number of hydrogen-bond donors (Lipinski definition) is 1. The number of halogens is 2. The van der Waals surface area contributed by atoms with Crippen LogP contribution in [0.1, 0.15) is 17.5 Å². The Morgan fingerprint density at radius 2 is 1.79 bits per heavy atom. The Balaban J connectivity index is 1.37. The van der Waals surface area contributed by atoms with Gasteiger partial charge in [-0.05, 0) is 47.5 Å². The highest BCUT2D eigenvalue weighted by molar-refractivity contribution is 6.30. The molecular weight excluding hydrogens is 443 g/mol. The quantitative estimate of drug-likeness (QED) is 0.459. The first-order valence-electron chi connectivity index (χ1n) is 10.9. The molecule has 33 heavy (non-hydrogen) atoms. The van der Waals surface area contributed by atoms with Gasteiger partial charge in [0.25, 0.3) is 0 Å². The summed E-state index contributed by atoms with van der Waals surface area (Å²) in [6.07, 6.45) is -0.208. The van der Waals surface area contributed by atoms with E-state index in [9.17, 15) is 9.50 Å². The second-order valence-corrected chi connectivity index (χ2v) is 8.51. The van der Waals surface area contributed by atoms with Crippen LogP contribution in [0.4, 0.5) is 4.39 Å². The van der Waals surface area contributed by atoms with Crippen molar-refractivity contribution in [1.82, 2.24) is 4.90 Å². The second-order valence-electron chi connectivity index (χ2n) is 8.07. The first kappa shape index (κ1) is 23.2. The molecular formula is C26H26ClFN2O3. The van der Waals surface area contributed by atoms with Gasteiger partial charge in [0, 0.05) is 31.1 Å². The average Bonchev–Trinajstić information content (AvgIpc) is 3.29. The number of aliphatic hydroxyl groups is 1. The Morgan fingerprint density at radius 3 is 2.52 bits per heavy atom. The van der Waals surface area contributed by atoms with Crippen molar-refractivity contribution in [2.24, 2.45) is 5.16 Å². The lowest BCUT2D eigenvalue weighted by Gasteiger charge is -2.27. The molecule has 172 valence electrons. The van der Waals surface area contributed by atoms with E-state index in [1.165, 1.54) is 12.1 Å². The minimum atomic E-state index is -0.705. The van der Waals surface area contributed by atoms with Gasteiger partial charge in [-0.2, -0.15) is 0 Å². The molecule has 1 heterocycles. The van der Waals surface area contributed by atoms with Crippen LogP contribution in [0.15, 0.2) is 84.0 Å². The van der Waals surface area contributed by atoms with Crippen molar-refractivity contribution in [1.29, 1.82) is 0 Å². The number of ether oxygens (including phenoxy) is 1. The third kappa shape index (κ3) is 7.02. The molecule has 1 N–H and O–H groups in total. The van der Waals surface area contributed by atoms with Gasteiger partial charge in [-0.1, -0.05) is 59.2 Å². The molecule has 7 heteroatoms. The van der Waals surface area contributed by atoms with Gasteiger partial charge in [0.15, 0.2) is 0 Å². The molecule has 0 fully saturated rings. The minimum Gasteiger partial charge on any atom is -0.491 e. The molecule has 2 atom stereocenters. The summed E-state index contributed by atoms with van der Waals surface area (Å²) >= 11 is 5.98. The van der Waals surface area contributed by atoms with Crippen LogP contribution in [0, 0.1) is 5.82 Å². The predicted molar refractivity (Wildman–Crippen MR) is 127 cm³/mol. The first-order chi connectivity index (χ1) is 16.0. The van der Waals surface area contributed by atoms with Crippen LogP contribution in [0.2, 0.25) is 5.02 Å². The van der Waals surface area contributed by atoms with Crippen molar-refractivity contribution in [2.75, 3.05) is 19.7 Å². The summed E-state index contributed by atoms with van der Waals surface area (Å²) in [5, 5.41) is 15.6. The van der Waals surface area contributed by atoms with Gasteiger partial charge < -0.3 is 14.7 Å². The van der Waals surface area contributed by atoms with Crippen molar-refractivity contribution in [2.45, 2.75) is 25.2 Å². The zero-order valence-electron chi connectivity index (χ0n) is 18.1. The number of rotatable bonds is 10. The average molecular weight is 469 g/mol. The normalized spacial score (nSPS) is 16.4. The molecule has 1 aliphatic rings. The summed E-state index contributed by atoms with van der Waals surface area (Å²) < 4.78 is 19.0. The third-order valence-corrected chi connectivity index (χ3v) is 5.60. The summed E-state index contributed by atoms with van der Waals surface area (Å²) in [4.78, 5) is 7.77. The SMILES string of the molecule is O[C@@H](COc1ccccc1)CN(Cc1ccc(F)cc1)C[C@@H]1CC(c2ccc(Cl)cc2)=NO1. The molecule has 0 bridgehead atoms. The zero-order chi connectivity index (χ0) is 23.0. The largest absolute Gasteiger partial charge is 0.491 e. The lowest BCUT2D eigenvalue weighted by atomic mass is 10.0. The van der Waals surface area contributed by atoms with E-state index in [2.05, 4.69) is 10.1 Å². The Kier molecular flexibility index (Phi) is 7.94. The van der Waals surface area contributed by atoms with E-state index in [1.54, 1.807) is 12.1 Å². The lowest BCUT2D eigenvalue weighted by Crippen LogP contribution is -2.39. The van der Waals surface area contributed by atoms with Gasteiger partial charge in [-0.15, -0.1) is 0 Å². The molecule has 0 radical (unpaired) electrons. The van der Waals surface area contributed by atoms with E-state index in [-0.39, 0.29) is 18.5 Å². The van der Waals surface area contributed by atoms with Crippen LogP contribution in [0.25, 0.3) is 0 Å². The second kappa shape index (κ2) is 11.3. The van der Waals surface area contributed by atoms with Crippen LogP contribution in [-0.4, -0.2) is 47.6 Å². The lowest BCUT2D eigenvalue weighted by molar-refractivity contribution is 0.0213. The van der Waals surface area contributed by atoms with Crippen molar-refractivity contribution in [3.05, 3.63) is 101 Å². The maximum absolute atomic E-state index is 13.3. The Bertz CT molecular complexity index is 1050. The fraction of sp³-hybridized carbons (Fsp3) is 0.269. The maximum atomic E-state index is 13.3. The van der Waals surface area contributed by atoms with E-state index in [1.807, 2.05) is 54.6 Å². The topological polar surface area (TPSA) is 54.3 Å². The molecule has 0 saturated heterocycles. The smallest absolute Gasteiger partial charge is 0.145 e. The zero-order valence-corrected chi connectivity index (χ0v) is 18.9. The summed E-state index contributed by atoms with van der Waals surface area (Å²) in [7, 11) is 0. The van der Waals surface area contributed by atoms with Crippen molar-refractivity contribution >= 4 is 17.3 Å². The highest BCUT2D eigenvalue weighted by Gasteiger charge is 2.26. The highest BCUT2D eigenvalue weighted by Crippen LogP contribution is 2.20. The summed E-state index contributed by atoms with van der Waals surface area (Å²) in [6.45, 7) is 1.64. The number of benzene rings is 3. The Labute approximate surface area is 198 Å². The molecule has 5 nitrogen and oxygen atoms in total. The van der Waals surface area contributed by atoms with Crippen LogP contribution >= 0.6 is 11.6 Å². The summed E-state index contributed by atoms with van der Waals surface area (Å²) in [5.74, 6) is 0.434. The van der Waals surface area contributed by atoms with Gasteiger partial charge in [0.05, 0.1) is 5.71 Å². The van der Waals surface area contributed by atoms with E-state index in [0.717, 1.165) is 16.8 Å². The third-order valence-electron chi connectivity index (χ3n) is 5.35. The van der Waals surface area contributed by atoms with Gasteiger partial charge in [-0.3, -0.25) is 4.90 Å². The molecule has 0 unspecified atom stereocenters. The standard InChI is InChI=1S/C26H26ClFN2O3/c27-21-10-8-20(9-11-21)26-14-25(33-29-26)17-30(15-19-6-12-22(28)13-7-19)16-23(31)18-32-24-4-2-1-3-5-24/h1-13,23,25,31H,14-18H2/t23-,25+/m1/s1. The molecule has 3 aromatic rings. The molecule has 4 rings (SSSR count). The molecule has 0 aromatic heterocycles. The van der Waals surface area contributed by atoms with Gasteiger partial charge in [-0.25, -0.2) is 4.39 Å². The number of hydrogen-bond acceptors (Lipinski definition) is 5. The summed E-state index contributed by atoms with van der Waals surface area (Å²) in [5.41, 5.74) is 2.79. The number of para-hydroxylation sites is 1. The van der Waals surface area contributed by atoms with E-state index in [4.69, 9.17) is 21.2 Å². The van der Waals surface area contributed by atoms with Crippen molar-refractivity contribution in [3.8, 4) is 5.75 Å². The van der Waals surface area contributed by atoms with Crippen molar-refractivity contribution < 1.29 is 19.1 Å². The van der Waals surface area contributed by atoms with Gasteiger partial charge >= 0.3 is 0 Å². The molecule has 0 aliphatic carbocycles. The maximum Gasteiger partial charge on any atom is 0.145 e. The van der Waals surface area contributed by atoms with Crippen LogP contribution in [0.3, 0.4) is 0 Å². The fourth-order valence-electron chi connectivity index (χ4n) is 3.74. The molecule has 0 saturated carbocycles. The molecule has 0 spiro atoms. The molecule has 1 aliphatic heterocycles. The van der Waals surface area contributed by atoms with E-state index in [0.29, 0.717) is 36.8 Å². The Morgan fingerprint density at radius 1 is 1.06 bits per heavy atom. The van der Waals surface area contributed by atoms with E-state index < -0.39 is 6.10 Å². The highest BCUT2D eigenvalue weighted by atomic mass is 35.5. The monoisotopic (exact) mass is 468 g/mol. The van der Waals surface area contributed by atoms with Crippen LogP contribution < -0.4 is 4.74 Å². The van der Waals surface area contributed by atoms with Crippen LogP contribution in [0.5, 0.6) is 5.75 Å². The van der Waals surface area contributed by atoms with Crippen molar-refractivity contribution in [3.63, 3.8) is 0 Å². The number of aliphatic hydroxyl groups excluding tert-OH is 1. The summed E-state index contributed by atoms with van der Waals surface area (Å²) in [6, 6.07) is 23.3. The van der Waals surface area contributed by atoms with Crippen LogP contribution in [-0.2, 0) is 11.4 Å². The fourth-order valence-corrected chi connectivity index (χ4v) is 3.86. The molecule has 0 amide bonds. The molecule has 3 aromatic carbocycles.